The molecule has 1 aromatic carbocycles. The molecule has 1 aromatic rings. The molecule has 1 heterocycles. The number of rotatable bonds is 3. The van der Waals surface area contributed by atoms with Crippen LogP contribution in [0.25, 0.3) is 0 Å². The number of hydrogen-bond donors (Lipinski definition) is 0. The van der Waals surface area contributed by atoms with Crippen LogP contribution in [0.1, 0.15) is 37.0 Å². The smallest absolute Gasteiger partial charge is 0.125 e. The zero-order valence-electron chi connectivity index (χ0n) is 11.5. The molecule has 0 amide bonds. The number of ether oxygens (including phenoxy) is 2. The molecule has 1 unspecified atom stereocenters. The second kappa shape index (κ2) is 4.34. The fraction of sp³-hybridized carbons (Fsp3) is 0.600. The van der Waals surface area contributed by atoms with Crippen molar-refractivity contribution >= 4 is 0 Å². The van der Waals surface area contributed by atoms with Gasteiger partial charge in [-0.25, -0.2) is 0 Å². The summed E-state index contributed by atoms with van der Waals surface area (Å²) in [4.78, 5) is 0. The Hall–Kier alpha value is -1.02. The van der Waals surface area contributed by atoms with Crippen LogP contribution in [0.5, 0.6) is 5.75 Å². The maximum absolute atomic E-state index is 5.89. The van der Waals surface area contributed by atoms with Crippen molar-refractivity contribution < 1.29 is 9.47 Å². The summed E-state index contributed by atoms with van der Waals surface area (Å²) in [5.41, 5.74) is 3.75. The van der Waals surface area contributed by atoms with E-state index in [1.54, 1.807) is 0 Å². The van der Waals surface area contributed by atoms with Gasteiger partial charge in [-0.05, 0) is 45.7 Å². The van der Waals surface area contributed by atoms with Crippen LogP contribution in [0.4, 0.5) is 0 Å². The fourth-order valence-electron chi connectivity index (χ4n) is 2.65. The van der Waals surface area contributed by atoms with Gasteiger partial charge < -0.3 is 9.47 Å². The van der Waals surface area contributed by atoms with Crippen molar-refractivity contribution in [3.63, 3.8) is 0 Å². The molecule has 0 saturated carbocycles. The molecule has 0 bridgehead atoms. The Morgan fingerprint density at radius 3 is 2.24 bits per heavy atom. The lowest BCUT2D eigenvalue weighted by Crippen LogP contribution is -2.48. The van der Waals surface area contributed by atoms with Crippen molar-refractivity contribution in [2.75, 3.05) is 6.61 Å². The van der Waals surface area contributed by atoms with Crippen LogP contribution in [0.3, 0.4) is 0 Å². The van der Waals surface area contributed by atoms with Gasteiger partial charge in [0.05, 0.1) is 11.7 Å². The van der Waals surface area contributed by atoms with Crippen molar-refractivity contribution in [3.8, 4) is 5.75 Å². The van der Waals surface area contributed by atoms with Crippen molar-refractivity contribution in [1.29, 1.82) is 0 Å². The molecule has 2 rings (SSSR count). The van der Waals surface area contributed by atoms with Crippen LogP contribution >= 0.6 is 0 Å². The Bertz CT molecular complexity index is 390. The van der Waals surface area contributed by atoms with E-state index < -0.39 is 0 Å². The number of hydrogen-bond acceptors (Lipinski definition) is 2. The first-order valence-electron chi connectivity index (χ1n) is 6.26. The van der Waals surface area contributed by atoms with Crippen molar-refractivity contribution in [2.24, 2.45) is 0 Å². The summed E-state index contributed by atoms with van der Waals surface area (Å²) in [6.07, 6.45) is 1.34. The van der Waals surface area contributed by atoms with Gasteiger partial charge in [0.15, 0.2) is 0 Å². The molecular weight excluding hydrogens is 212 g/mol. The predicted octanol–water partition coefficient (Wildman–Crippen LogP) is 3.56. The second-order valence-electron chi connectivity index (χ2n) is 5.74. The zero-order valence-corrected chi connectivity index (χ0v) is 11.5. The molecule has 0 aliphatic carbocycles. The van der Waals surface area contributed by atoms with E-state index in [9.17, 15) is 0 Å². The third-order valence-corrected chi connectivity index (χ3v) is 3.22. The number of benzene rings is 1. The monoisotopic (exact) mass is 234 g/mol. The summed E-state index contributed by atoms with van der Waals surface area (Å²) < 4.78 is 11.6. The minimum Gasteiger partial charge on any atom is -0.490 e. The van der Waals surface area contributed by atoms with E-state index in [0.717, 1.165) is 12.2 Å². The van der Waals surface area contributed by atoms with Gasteiger partial charge in [0.1, 0.15) is 12.4 Å². The van der Waals surface area contributed by atoms with Crippen molar-refractivity contribution in [2.45, 2.75) is 52.7 Å². The van der Waals surface area contributed by atoms with Crippen LogP contribution in [-0.2, 0) is 4.74 Å². The molecule has 94 valence electrons. The highest BCUT2D eigenvalue weighted by Gasteiger charge is 2.37. The largest absolute Gasteiger partial charge is 0.490 e. The molecule has 1 aliphatic rings. The first kappa shape index (κ1) is 12.4. The molecule has 0 aromatic heterocycles. The summed E-state index contributed by atoms with van der Waals surface area (Å²) in [6, 6.07) is 4.32. The molecule has 17 heavy (non-hydrogen) atoms. The predicted molar refractivity (Wildman–Crippen MR) is 69.7 cm³/mol. The maximum atomic E-state index is 5.89. The van der Waals surface area contributed by atoms with Crippen LogP contribution < -0.4 is 4.74 Å². The fourth-order valence-corrected chi connectivity index (χ4v) is 2.65. The third-order valence-electron chi connectivity index (χ3n) is 3.22. The molecule has 1 saturated heterocycles. The minimum atomic E-state index is 0.0470. The summed E-state index contributed by atoms with van der Waals surface area (Å²) in [7, 11) is 0. The van der Waals surface area contributed by atoms with E-state index in [-0.39, 0.29) is 11.7 Å². The Morgan fingerprint density at radius 2 is 1.76 bits per heavy atom. The van der Waals surface area contributed by atoms with Gasteiger partial charge in [-0.3, -0.25) is 0 Å². The van der Waals surface area contributed by atoms with Gasteiger partial charge in [0, 0.05) is 6.42 Å². The standard InChI is InChI=1S/C15H22O2/c1-10-6-11(2)14(12(3)7-10)16-9-13-8-15(4,5)17-13/h6-7,13H,8-9H2,1-5H3. The normalized spacial score (nSPS) is 22.1. The van der Waals surface area contributed by atoms with Gasteiger partial charge in [-0.15, -0.1) is 0 Å². The Morgan fingerprint density at radius 1 is 1.24 bits per heavy atom. The van der Waals surface area contributed by atoms with Gasteiger partial charge >= 0.3 is 0 Å². The van der Waals surface area contributed by atoms with Crippen molar-refractivity contribution in [1.82, 2.24) is 0 Å². The van der Waals surface area contributed by atoms with Gasteiger partial charge in [-0.2, -0.15) is 0 Å². The lowest BCUT2D eigenvalue weighted by atomic mass is 9.94. The lowest BCUT2D eigenvalue weighted by Gasteiger charge is -2.42. The Labute approximate surface area is 104 Å². The van der Waals surface area contributed by atoms with E-state index in [0.29, 0.717) is 6.61 Å². The van der Waals surface area contributed by atoms with Gasteiger partial charge in [-0.1, -0.05) is 17.7 Å². The molecule has 0 spiro atoms. The first-order chi connectivity index (χ1) is 7.87. The van der Waals surface area contributed by atoms with Gasteiger partial charge in [0.2, 0.25) is 0 Å². The molecule has 0 radical (unpaired) electrons. The maximum Gasteiger partial charge on any atom is 0.125 e. The van der Waals surface area contributed by atoms with Crippen LogP contribution in [0.2, 0.25) is 0 Å². The quantitative estimate of drug-likeness (QED) is 0.796. The highest BCUT2D eigenvalue weighted by Crippen LogP contribution is 2.33. The lowest BCUT2D eigenvalue weighted by molar-refractivity contribution is -0.194. The third kappa shape index (κ3) is 2.81. The first-order valence-corrected chi connectivity index (χ1v) is 6.26. The molecule has 2 nitrogen and oxygen atoms in total. The molecule has 1 aliphatic heterocycles. The highest BCUT2D eigenvalue weighted by atomic mass is 16.6. The Balaban J connectivity index is 1.96. The minimum absolute atomic E-state index is 0.0470. The summed E-state index contributed by atoms with van der Waals surface area (Å²) in [5, 5.41) is 0. The average molecular weight is 234 g/mol. The average Bonchev–Trinajstić information content (AvgIpc) is 2.12. The summed E-state index contributed by atoms with van der Waals surface area (Å²) in [6.45, 7) is 11.2. The van der Waals surface area contributed by atoms with E-state index in [1.165, 1.54) is 16.7 Å². The van der Waals surface area contributed by atoms with Crippen LogP contribution in [-0.4, -0.2) is 18.3 Å². The molecular formula is C15H22O2. The van der Waals surface area contributed by atoms with E-state index >= 15 is 0 Å². The van der Waals surface area contributed by atoms with E-state index in [1.807, 2.05) is 0 Å². The van der Waals surface area contributed by atoms with Gasteiger partial charge in [0.25, 0.3) is 0 Å². The SMILES string of the molecule is Cc1cc(C)c(OCC2CC(C)(C)O2)c(C)c1. The Kier molecular flexibility index (Phi) is 3.17. The molecule has 2 heteroatoms. The van der Waals surface area contributed by atoms with Crippen LogP contribution in [0.15, 0.2) is 12.1 Å². The van der Waals surface area contributed by atoms with E-state index in [4.69, 9.17) is 9.47 Å². The molecule has 1 atom stereocenters. The molecule has 0 N–H and O–H groups in total. The summed E-state index contributed by atoms with van der Waals surface area (Å²) >= 11 is 0. The topological polar surface area (TPSA) is 18.5 Å². The second-order valence-corrected chi connectivity index (χ2v) is 5.74. The molecule has 1 fully saturated rings. The number of aryl methyl sites for hydroxylation is 3. The highest BCUT2D eigenvalue weighted by molar-refractivity contribution is 5.42. The zero-order chi connectivity index (χ0) is 12.6. The van der Waals surface area contributed by atoms with Crippen molar-refractivity contribution in [3.05, 3.63) is 28.8 Å². The van der Waals surface area contributed by atoms with Crippen LogP contribution in [0, 0.1) is 20.8 Å². The van der Waals surface area contributed by atoms with E-state index in [2.05, 4.69) is 46.8 Å². The summed E-state index contributed by atoms with van der Waals surface area (Å²) in [5.74, 6) is 1.02.